The Bertz CT molecular complexity index is 395. The first kappa shape index (κ1) is 13.4. The molecule has 3 nitrogen and oxygen atoms in total. The van der Waals surface area contributed by atoms with E-state index in [4.69, 9.17) is 0 Å². The maximum Gasteiger partial charge on any atom is 0.213 e. The SMILES string of the molecule is CC(C)CC1CC=CC=C2N(C(C)C)C=C[N+]21[O-]. The van der Waals surface area contributed by atoms with Gasteiger partial charge in [-0.3, -0.25) is 9.55 Å². The number of nitrogens with zero attached hydrogens (tertiary/aromatic N) is 2. The number of quaternary nitrogens is 1. The first-order valence-electron chi connectivity index (χ1n) is 6.89. The number of allylic oxidation sites excluding steroid dienone is 2. The molecule has 0 bridgehead atoms. The Morgan fingerprint density at radius 1 is 1.39 bits per heavy atom. The summed E-state index contributed by atoms with van der Waals surface area (Å²) in [5.74, 6) is 1.41. The molecule has 0 saturated carbocycles. The summed E-state index contributed by atoms with van der Waals surface area (Å²) in [6.45, 7) is 8.61. The summed E-state index contributed by atoms with van der Waals surface area (Å²) < 4.78 is -0.288. The molecule has 0 aliphatic carbocycles. The average molecular weight is 248 g/mol. The molecule has 0 aromatic heterocycles. The third-order valence-electron chi connectivity index (χ3n) is 3.70. The fourth-order valence-electron chi connectivity index (χ4n) is 2.80. The molecule has 0 aromatic rings. The normalized spacial score (nSPS) is 30.9. The molecule has 3 heteroatoms. The second-order valence-electron chi connectivity index (χ2n) is 5.98. The molecule has 100 valence electrons. The largest absolute Gasteiger partial charge is 0.621 e. The highest BCUT2D eigenvalue weighted by Gasteiger charge is 2.39. The quantitative estimate of drug-likeness (QED) is 0.562. The van der Waals surface area contributed by atoms with E-state index in [2.05, 4.69) is 38.7 Å². The van der Waals surface area contributed by atoms with Crippen molar-refractivity contribution in [1.82, 2.24) is 4.90 Å². The van der Waals surface area contributed by atoms with Crippen molar-refractivity contribution in [3.63, 3.8) is 0 Å². The molecule has 0 N–H and O–H groups in total. The third kappa shape index (κ3) is 2.25. The zero-order chi connectivity index (χ0) is 13.3. The van der Waals surface area contributed by atoms with Crippen molar-refractivity contribution in [1.29, 1.82) is 0 Å². The van der Waals surface area contributed by atoms with Gasteiger partial charge >= 0.3 is 0 Å². The van der Waals surface area contributed by atoms with Crippen LogP contribution in [-0.2, 0) is 0 Å². The van der Waals surface area contributed by atoms with E-state index in [0.717, 1.165) is 18.7 Å². The van der Waals surface area contributed by atoms with Gasteiger partial charge in [-0.05, 0) is 19.8 Å². The van der Waals surface area contributed by atoms with Crippen LogP contribution in [0.5, 0.6) is 0 Å². The van der Waals surface area contributed by atoms with Crippen molar-refractivity contribution in [2.75, 3.05) is 0 Å². The zero-order valence-corrected chi connectivity index (χ0v) is 11.8. The Kier molecular flexibility index (Phi) is 3.64. The molecule has 0 spiro atoms. The van der Waals surface area contributed by atoms with E-state index >= 15 is 0 Å². The predicted molar refractivity (Wildman–Crippen MR) is 74.8 cm³/mol. The van der Waals surface area contributed by atoms with E-state index in [1.165, 1.54) is 0 Å². The topological polar surface area (TPSA) is 26.3 Å². The molecule has 0 aromatic carbocycles. The summed E-state index contributed by atoms with van der Waals surface area (Å²) in [5.41, 5.74) is 0. The summed E-state index contributed by atoms with van der Waals surface area (Å²) >= 11 is 0. The van der Waals surface area contributed by atoms with Crippen molar-refractivity contribution in [3.05, 3.63) is 41.7 Å². The lowest BCUT2D eigenvalue weighted by Gasteiger charge is -2.44. The lowest BCUT2D eigenvalue weighted by Crippen LogP contribution is -2.46. The maximum absolute atomic E-state index is 13.2. The molecule has 2 aliphatic heterocycles. The van der Waals surface area contributed by atoms with E-state index in [0.29, 0.717) is 12.0 Å². The van der Waals surface area contributed by atoms with Gasteiger partial charge in [-0.1, -0.05) is 26.0 Å². The lowest BCUT2D eigenvalue weighted by molar-refractivity contribution is -0.819. The van der Waals surface area contributed by atoms with Gasteiger partial charge in [-0.2, -0.15) is 0 Å². The summed E-state index contributed by atoms with van der Waals surface area (Å²) in [7, 11) is 0. The van der Waals surface area contributed by atoms with E-state index < -0.39 is 0 Å². The van der Waals surface area contributed by atoms with Gasteiger partial charge in [0.05, 0.1) is 6.20 Å². The number of hydrogen-bond donors (Lipinski definition) is 0. The summed E-state index contributed by atoms with van der Waals surface area (Å²) in [5, 5.41) is 13.2. The highest BCUT2D eigenvalue weighted by Crippen LogP contribution is 2.37. The lowest BCUT2D eigenvalue weighted by atomic mass is 10.00. The molecule has 0 amide bonds. The summed E-state index contributed by atoms with van der Waals surface area (Å²) in [6, 6.07) is 0.433. The van der Waals surface area contributed by atoms with Crippen LogP contribution in [0.15, 0.2) is 36.4 Å². The van der Waals surface area contributed by atoms with Crippen LogP contribution in [0.4, 0.5) is 0 Å². The van der Waals surface area contributed by atoms with E-state index in [1.54, 1.807) is 0 Å². The van der Waals surface area contributed by atoms with Gasteiger partial charge < -0.3 is 5.21 Å². The molecule has 18 heavy (non-hydrogen) atoms. The molecular weight excluding hydrogens is 224 g/mol. The molecule has 2 heterocycles. The van der Waals surface area contributed by atoms with Gasteiger partial charge in [0.15, 0.2) is 0 Å². The van der Waals surface area contributed by atoms with Crippen LogP contribution in [0.1, 0.15) is 40.5 Å². The molecule has 0 fully saturated rings. The first-order valence-corrected chi connectivity index (χ1v) is 6.89. The minimum Gasteiger partial charge on any atom is -0.621 e. The molecule has 2 unspecified atom stereocenters. The van der Waals surface area contributed by atoms with Crippen LogP contribution in [-0.4, -0.2) is 21.6 Å². The molecule has 0 radical (unpaired) electrons. The Hall–Kier alpha value is -1.06. The fraction of sp³-hybridized carbons (Fsp3) is 0.600. The first-order chi connectivity index (χ1) is 8.45. The van der Waals surface area contributed by atoms with E-state index in [-0.39, 0.29) is 10.7 Å². The van der Waals surface area contributed by atoms with Crippen molar-refractivity contribution < 1.29 is 4.65 Å². The van der Waals surface area contributed by atoms with Gasteiger partial charge in [-0.25, -0.2) is 0 Å². The average Bonchev–Trinajstić information content (AvgIpc) is 2.54. The smallest absolute Gasteiger partial charge is 0.213 e. The standard InChI is InChI=1S/C15H24N2O/c1-12(2)11-14-7-5-6-8-15-16(13(3)4)9-10-17(14,15)18/h5-6,8-10,12-14H,7,11H2,1-4H3. The van der Waals surface area contributed by atoms with E-state index in [9.17, 15) is 5.21 Å². The fourth-order valence-corrected chi connectivity index (χ4v) is 2.80. The number of rotatable bonds is 3. The highest BCUT2D eigenvalue weighted by atomic mass is 16.6. The van der Waals surface area contributed by atoms with Crippen LogP contribution < -0.4 is 0 Å². The molecule has 2 atom stereocenters. The monoisotopic (exact) mass is 248 g/mol. The van der Waals surface area contributed by atoms with Crippen LogP contribution in [0, 0.1) is 11.1 Å². The molecule has 2 aliphatic rings. The highest BCUT2D eigenvalue weighted by molar-refractivity contribution is 5.17. The Balaban J connectivity index is 2.32. The van der Waals surface area contributed by atoms with Gasteiger partial charge in [0.1, 0.15) is 12.2 Å². The third-order valence-corrected chi connectivity index (χ3v) is 3.70. The molecular formula is C15H24N2O. The second-order valence-corrected chi connectivity index (χ2v) is 5.98. The van der Waals surface area contributed by atoms with Crippen LogP contribution in [0.3, 0.4) is 0 Å². The molecule has 2 rings (SSSR count). The minimum absolute atomic E-state index is 0.106. The van der Waals surface area contributed by atoms with Gasteiger partial charge in [0, 0.05) is 25.0 Å². The van der Waals surface area contributed by atoms with Crippen molar-refractivity contribution in [2.24, 2.45) is 5.92 Å². The predicted octanol–water partition coefficient (Wildman–Crippen LogP) is 3.71. The maximum atomic E-state index is 13.2. The Morgan fingerprint density at radius 2 is 2.11 bits per heavy atom. The zero-order valence-electron chi connectivity index (χ0n) is 11.8. The second kappa shape index (κ2) is 4.90. The van der Waals surface area contributed by atoms with Gasteiger partial charge in [0.25, 0.3) is 0 Å². The van der Waals surface area contributed by atoms with Crippen LogP contribution in [0.25, 0.3) is 0 Å². The van der Waals surface area contributed by atoms with Crippen LogP contribution in [0.2, 0.25) is 0 Å². The van der Waals surface area contributed by atoms with Crippen molar-refractivity contribution >= 4 is 0 Å². The summed E-state index contributed by atoms with van der Waals surface area (Å²) in [6.07, 6.45) is 11.7. The number of hydroxylamine groups is 3. The number of fused-ring (bicyclic) bond motifs is 1. The van der Waals surface area contributed by atoms with Crippen molar-refractivity contribution in [3.8, 4) is 0 Å². The Labute approximate surface area is 110 Å². The number of hydrogen-bond acceptors (Lipinski definition) is 2. The van der Waals surface area contributed by atoms with Crippen molar-refractivity contribution in [2.45, 2.75) is 52.6 Å². The Morgan fingerprint density at radius 3 is 2.72 bits per heavy atom. The van der Waals surface area contributed by atoms with Gasteiger partial charge in [-0.15, -0.1) is 0 Å². The van der Waals surface area contributed by atoms with Crippen LogP contribution >= 0.6 is 0 Å². The molecule has 0 saturated heterocycles. The van der Waals surface area contributed by atoms with E-state index in [1.807, 2.05) is 24.6 Å². The van der Waals surface area contributed by atoms with Gasteiger partial charge in [0.2, 0.25) is 5.82 Å². The minimum atomic E-state index is -0.288. The summed E-state index contributed by atoms with van der Waals surface area (Å²) in [4.78, 5) is 2.09.